The summed E-state index contributed by atoms with van der Waals surface area (Å²) in [5.74, 6) is 1.77. The summed E-state index contributed by atoms with van der Waals surface area (Å²) in [6.07, 6.45) is 0. The first-order chi connectivity index (χ1) is 28.9. The van der Waals surface area contributed by atoms with E-state index in [1.54, 1.807) is 0 Å². The molecule has 10 aromatic rings. The number of benzene rings is 8. The van der Waals surface area contributed by atoms with Crippen LogP contribution in [-0.2, 0) is 0 Å². The Bertz CT molecular complexity index is 3110. The molecule has 0 spiro atoms. The van der Waals surface area contributed by atoms with Crippen LogP contribution in [0.25, 0.3) is 95.0 Å². The molecule has 0 N–H and O–H groups in total. The lowest BCUT2D eigenvalue weighted by Crippen LogP contribution is -2.00. The zero-order chi connectivity index (χ0) is 40.0. The largest absolute Gasteiger partial charge is 0.309 e. The second-order valence-corrected chi connectivity index (χ2v) is 13.4. The van der Waals surface area contributed by atoms with Gasteiger partial charge in [0.15, 0.2) is 17.5 Å². The molecule has 2 aromatic heterocycles. The van der Waals surface area contributed by atoms with E-state index in [-0.39, 0.29) is 24.2 Å². The molecular formula is C51H34N4. The van der Waals surface area contributed by atoms with Gasteiger partial charge in [-0.1, -0.05) is 176 Å². The van der Waals surface area contributed by atoms with Gasteiger partial charge in [0, 0.05) is 33.2 Å². The van der Waals surface area contributed by atoms with Crippen molar-refractivity contribution in [1.29, 1.82) is 0 Å². The Morgan fingerprint density at radius 1 is 0.327 bits per heavy atom. The molecule has 0 amide bonds. The molecule has 0 bridgehead atoms. The molecule has 10 rings (SSSR count). The maximum absolute atomic E-state index is 9.11. The molecule has 0 aliphatic carbocycles. The summed E-state index contributed by atoms with van der Waals surface area (Å²) >= 11 is 0. The van der Waals surface area contributed by atoms with Crippen LogP contribution in [-0.4, -0.2) is 19.5 Å². The zero-order valence-corrected chi connectivity index (χ0v) is 29.6. The van der Waals surface area contributed by atoms with Crippen LogP contribution < -0.4 is 0 Å². The van der Waals surface area contributed by atoms with Crippen molar-refractivity contribution in [3.8, 4) is 73.2 Å². The Morgan fingerprint density at radius 3 is 1.33 bits per heavy atom. The molecule has 0 saturated carbocycles. The molecule has 55 heavy (non-hydrogen) atoms. The quantitative estimate of drug-likeness (QED) is 0.166. The molecule has 0 unspecified atom stereocenters. The summed E-state index contributed by atoms with van der Waals surface area (Å²) in [6.45, 7) is 0. The van der Waals surface area contributed by atoms with Crippen molar-refractivity contribution >= 4 is 21.8 Å². The summed E-state index contributed by atoms with van der Waals surface area (Å²) in [4.78, 5) is 14.6. The Morgan fingerprint density at radius 2 is 0.745 bits per heavy atom. The molecule has 0 radical (unpaired) electrons. The maximum Gasteiger partial charge on any atom is 0.164 e. The second-order valence-electron chi connectivity index (χ2n) is 13.4. The number of para-hydroxylation sites is 1. The highest BCUT2D eigenvalue weighted by Gasteiger charge is 2.15. The average molecular weight is 707 g/mol. The van der Waals surface area contributed by atoms with Gasteiger partial charge in [0.25, 0.3) is 0 Å². The van der Waals surface area contributed by atoms with Gasteiger partial charge in [-0.3, -0.25) is 0 Å². The van der Waals surface area contributed by atoms with E-state index in [4.69, 9.17) is 20.4 Å². The average Bonchev–Trinajstić information content (AvgIpc) is 3.66. The first kappa shape index (κ1) is 28.1. The lowest BCUT2D eigenvalue weighted by Gasteiger charge is -2.12. The Kier molecular flexibility index (Phi) is 7.08. The topological polar surface area (TPSA) is 43.6 Å². The van der Waals surface area contributed by atoms with Gasteiger partial charge in [-0.15, -0.1) is 0 Å². The molecule has 0 atom stereocenters. The number of fused-ring (bicyclic) bond motifs is 3. The third-order valence-electron chi connectivity index (χ3n) is 10.0. The van der Waals surface area contributed by atoms with Gasteiger partial charge < -0.3 is 4.57 Å². The third-order valence-corrected chi connectivity index (χ3v) is 10.0. The Hall–Kier alpha value is -7.43. The van der Waals surface area contributed by atoms with Crippen molar-refractivity contribution in [2.75, 3.05) is 0 Å². The van der Waals surface area contributed by atoms with E-state index in [9.17, 15) is 0 Å². The van der Waals surface area contributed by atoms with Crippen LogP contribution in [0.1, 0.15) is 5.48 Å². The van der Waals surface area contributed by atoms with E-state index >= 15 is 0 Å². The van der Waals surface area contributed by atoms with Crippen LogP contribution >= 0.6 is 0 Å². The normalized spacial score (nSPS) is 12.3. The van der Waals surface area contributed by atoms with E-state index in [0.29, 0.717) is 28.4 Å². The number of nitrogens with zero attached hydrogens (tertiary/aromatic N) is 4. The summed E-state index contributed by atoms with van der Waals surface area (Å²) in [5, 5.41) is 1.25. The van der Waals surface area contributed by atoms with Crippen LogP contribution in [0.15, 0.2) is 206 Å². The van der Waals surface area contributed by atoms with Crippen LogP contribution in [0, 0.1) is 0 Å². The monoisotopic (exact) mass is 706 g/mol. The lowest BCUT2D eigenvalue weighted by molar-refractivity contribution is 1.07. The Labute approximate surface area is 325 Å². The minimum absolute atomic E-state index is 0.0581. The number of hydrogen-bond donors (Lipinski definition) is 0. The van der Waals surface area contributed by atoms with Crippen molar-refractivity contribution in [3.05, 3.63) is 206 Å². The predicted molar refractivity (Wildman–Crippen MR) is 227 cm³/mol. The van der Waals surface area contributed by atoms with Crippen LogP contribution in [0.3, 0.4) is 0 Å². The van der Waals surface area contributed by atoms with Crippen LogP contribution in [0.5, 0.6) is 0 Å². The molecule has 4 nitrogen and oxygen atoms in total. The van der Waals surface area contributed by atoms with Crippen LogP contribution in [0.2, 0.25) is 0 Å². The number of hydrogen-bond acceptors (Lipinski definition) is 3. The van der Waals surface area contributed by atoms with Gasteiger partial charge in [-0.25, -0.2) is 15.0 Å². The van der Waals surface area contributed by atoms with Crippen molar-refractivity contribution in [1.82, 2.24) is 19.5 Å². The minimum Gasteiger partial charge on any atom is -0.309 e. The molecule has 8 aromatic carbocycles. The van der Waals surface area contributed by atoms with E-state index in [2.05, 4.69) is 60.7 Å². The fraction of sp³-hybridized carbons (Fsp3) is 0. The second kappa shape index (κ2) is 13.8. The highest BCUT2D eigenvalue weighted by atomic mass is 15.0. The highest BCUT2D eigenvalue weighted by Crippen LogP contribution is 2.37. The Balaban J connectivity index is 1.05. The van der Waals surface area contributed by atoms with E-state index in [0.717, 1.165) is 66.7 Å². The zero-order valence-electron chi connectivity index (χ0n) is 33.6. The van der Waals surface area contributed by atoms with Crippen molar-refractivity contribution < 1.29 is 5.48 Å². The molecule has 4 heteroatoms. The SMILES string of the molecule is [2H]c1c([2H])c([2H])c2c(c1[2H])c1cc(-c3ccc(-c4ccccc4)cc3)ccc1n2-c1cccc(-c2ccc(-c3nc(-c4ccccc4)nc(-c4ccccc4)n3)cc2)c1. The number of rotatable bonds is 7. The van der Waals surface area contributed by atoms with Gasteiger partial charge in [-0.05, 0) is 63.7 Å². The molecule has 0 aliphatic rings. The fourth-order valence-electron chi connectivity index (χ4n) is 7.23. The van der Waals surface area contributed by atoms with Crippen molar-refractivity contribution in [3.63, 3.8) is 0 Å². The van der Waals surface area contributed by atoms with E-state index < -0.39 is 0 Å². The summed E-state index contributed by atoms with van der Waals surface area (Å²) in [6, 6.07) is 60.2. The fourth-order valence-corrected chi connectivity index (χ4v) is 7.23. The first-order valence-electron chi connectivity index (χ1n) is 20.2. The molecule has 258 valence electrons. The standard InChI is InChI=1S/C51H34N4/c1-4-13-35(14-5-1)36-23-25-38(26-24-36)43-31-32-48-46(34-43)45-21-10-11-22-47(45)55(48)44-20-12-19-42(33-44)37-27-29-41(30-28-37)51-53-49(39-15-6-2-7-16-39)52-50(54-51)40-17-8-3-9-18-40/h1-34H/i10D,11D,21D,22D. The minimum atomic E-state index is -0.265. The molecule has 0 fully saturated rings. The van der Waals surface area contributed by atoms with Gasteiger partial charge in [0.2, 0.25) is 0 Å². The van der Waals surface area contributed by atoms with Gasteiger partial charge in [0.1, 0.15) is 0 Å². The van der Waals surface area contributed by atoms with Gasteiger partial charge in [-0.2, -0.15) is 0 Å². The first-order valence-corrected chi connectivity index (χ1v) is 18.2. The summed E-state index contributed by atoms with van der Waals surface area (Å²) < 4.78 is 37.4. The summed E-state index contributed by atoms with van der Waals surface area (Å²) in [5.41, 5.74) is 10.8. The van der Waals surface area contributed by atoms with Crippen molar-refractivity contribution in [2.24, 2.45) is 0 Å². The van der Waals surface area contributed by atoms with E-state index in [1.165, 1.54) is 0 Å². The molecule has 0 saturated heterocycles. The lowest BCUT2D eigenvalue weighted by atomic mass is 9.99. The van der Waals surface area contributed by atoms with Gasteiger partial charge in [0.05, 0.1) is 16.5 Å². The maximum atomic E-state index is 9.11. The molecule has 2 heterocycles. The predicted octanol–water partition coefficient (Wildman–Crippen LogP) is 13.0. The van der Waals surface area contributed by atoms with Crippen molar-refractivity contribution in [2.45, 2.75) is 0 Å². The molecular weight excluding hydrogens is 669 g/mol. The molecule has 0 aliphatic heterocycles. The van der Waals surface area contributed by atoms with E-state index in [1.807, 2.05) is 126 Å². The smallest absolute Gasteiger partial charge is 0.164 e. The third kappa shape index (κ3) is 6.16. The van der Waals surface area contributed by atoms with Crippen LogP contribution in [0.4, 0.5) is 0 Å². The summed E-state index contributed by atoms with van der Waals surface area (Å²) in [7, 11) is 0. The van der Waals surface area contributed by atoms with Gasteiger partial charge >= 0.3 is 0 Å². The number of aromatic nitrogens is 4. The highest BCUT2D eigenvalue weighted by molar-refractivity contribution is 6.10.